The summed E-state index contributed by atoms with van der Waals surface area (Å²) in [5.41, 5.74) is 2.98. The van der Waals surface area contributed by atoms with Crippen molar-refractivity contribution in [2.75, 3.05) is 25.8 Å². The van der Waals surface area contributed by atoms with Crippen molar-refractivity contribution in [2.24, 2.45) is 0 Å². The summed E-state index contributed by atoms with van der Waals surface area (Å²) < 4.78 is 21.9. The van der Waals surface area contributed by atoms with E-state index in [4.69, 9.17) is 18.9 Å². The molecular weight excluding hydrogens is 448 g/mol. The van der Waals surface area contributed by atoms with E-state index in [1.165, 1.54) is 0 Å². The molecule has 2 aliphatic heterocycles. The molecule has 35 heavy (non-hydrogen) atoms. The number of anilines is 1. The SMILES string of the molecule is CCOc1ccc([C@H](CC(=O)Nc2ccc3c(c2)OCO3)N2Cc3ccccc3C2=O)cc1OC. The monoisotopic (exact) mass is 474 g/mol. The fourth-order valence-corrected chi connectivity index (χ4v) is 4.46. The van der Waals surface area contributed by atoms with E-state index in [1.807, 2.05) is 49.4 Å². The van der Waals surface area contributed by atoms with Crippen LogP contribution in [0.4, 0.5) is 5.69 Å². The third-order valence-electron chi connectivity index (χ3n) is 6.13. The van der Waals surface area contributed by atoms with Crippen LogP contribution >= 0.6 is 0 Å². The maximum absolute atomic E-state index is 13.3. The van der Waals surface area contributed by atoms with Gasteiger partial charge < -0.3 is 29.2 Å². The maximum atomic E-state index is 13.3. The lowest BCUT2D eigenvalue weighted by Gasteiger charge is -2.28. The van der Waals surface area contributed by atoms with Gasteiger partial charge >= 0.3 is 0 Å². The molecule has 2 aliphatic rings. The van der Waals surface area contributed by atoms with Gasteiger partial charge in [0, 0.05) is 23.9 Å². The van der Waals surface area contributed by atoms with Crippen LogP contribution in [0.25, 0.3) is 0 Å². The molecule has 8 heteroatoms. The second-order valence-corrected chi connectivity index (χ2v) is 8.27. The van der Waals surface area contributed by atoms with Gasteiger partial charge in [0.25, 0.3) is 5.91 Å². The van der Waals surface area contributed by atoms with E-state index >= 15 is 0 Å². The van der Waals surface area contributed by atoms with Crippen molar-refractivity contribution in [2.45, 2.75) is 25.9 Å². The van der Waals surface area contributed by atoms with Gasteiger partial charge in [0.15, 0.2) is 23.0 Å². The van der Waals surface area contributed by atoms with Gasteiger partial charge in [-0.05, 0) is 48.4 Å². The predicted molar refractivity (Wildman–Crippen MR) is 129 cm³/mol. The number of hydrogen-bond acceptors (Lipinski definition) is 6. The molecule has 0 unspecified atom stereocenters. The van der Waals surface area contributed by atoms with Crippen LogP contribution < -0.4 is 24.3 Å². The van der Waals surface area contributed by atoms with Crippen molar-refractivity contribution >= 4 is 17.5 Å². The Bertz CT molecular complexity index is 1270. The first-order chi connectivity index (χ1) is 17.1. The highest BCUT2D eigenvalue weighted by Crippen LogP contribution is 2.38. The molecule has 1 N–H and O–H groups in total. The second kappa shape index (κ2) is 9.58. The lowest BCUT2D eigenvalue weighted by atomic mass is 10.0. The van der Waals surface area contributed by atoms with E-state index in [0.717, 1.165) is 11.1 Å². The Labute approximate surface area is 203 Å². The minimum atomic E-state index is -0.506. The van der Waals surface area contributed by atoms with Crippen molar-refractivity contribution in [1.82, 2.24) is 4.90 Å². The van der Waals surface area contributed by atoms with E-state index in [0.29, 0.717) is 47.4 Å². The van der Waals surface area contributed by atoms with Gasteiger partial charge in [0.1, 0.15) is 0 Å². The molecule has 5 rings (SSSR count). The molecule has 2 heterocycles. The summed E-state index contributed by atoms with van der Waals surface area (Å²) in [6.45, 7) is 2.98. The van der Waals surface area contributed by atoms with Crippen LogP contribution in [0.15, 0.2) is 60.7 Å². The topological polar surface area (TPSA) is 86.3 Å². The van der Waals surface area contributed by atoms with E-state index < -0.39 is 6.04 Å². The molecule has 0 saturated heterocycles. The van der Waals surface area contributed by atoms with Gasteiger partial charge in [0.2, 0.25) is 12.7 Å². The van der Waals surface area contributed by atoms with Crippen LogP contribution in [0.1, 0.15) is 40.9 Å². The summed E-state index contributed by atoms with van der Waals surface area (Å²) in [6.07, 6.45) is 0.0608. The summed E-state index contributed by atoms with van der Waals surface area (Å²) in [7, 11) is 1.57. The molecular formula is C27H26N2O6. The van der Waals surface area contributed by atoms with Gasteiger partial charge in [-0.25, -0.2) is 0 Å². The average molecular weight is 475 g/mol. The molecule has 0 spiro atoms. The first-order valence-electron chi connectivity index (χ1n) is 11.5. The summed E-state index contributed by atoms with van der Waals surface area (Å²) >= 11 is 0. The minimum absolute atomic E-state index is 0.0608. The number of hydrogen-bond donors (Lipinski definition) is 1. The zero-order valence-electron chi connectivity index (χ0n) is 19.6. The summed E-state index contributed by atoms with van der Waals surface area (Å²) in [4.78, 5) is 28.2. The van der Waals surface area contributed by atoms with Crippen LogP contribution in [0.5, 0.6) is 23.0 Å². The Balaban J connectivity index is 1.43. The predicted octanol–water partition coefficient (Wildman–Crippen LogP) is 4.55. The van der Waals surface area contributed by atoms with Crippen molar-refractivity contribution in [1.29, 1.82) is 0 Å². The van der Waals surface area contributed by atoms with Gasteiger partial charge in [-0.15, -0.1) is 0 Å². The Hall–Kier alpha value is -4.20. The highest BCUT2D eigenvalue weighted by atomic mass is 16.7. The third kappa shape index (κ3) is 4.47. The summed E-state index contributed by atoms with van der Waals surface area (Å²) in [5, 5.41) is 2.92. The lowest BCUT2D eigenvalue weighted by Crippen LogP contribution is -2.32. The van der Waals surface area contributed by atoms with Crippen molar-refractivity contribution in [3.05, 3.63) is 77.4 Å². The van der Waals surface area contributed by atoms with Gasteiger partial charge in [-0.3, -0.25) is 9.59 Å². The van der Waals surface area contributed by atoms with E-state index in [2.05, 4.69) is 5.32 Å². The van der Waals surface area contributed by atoms with Crippen molar-refractivity contribution in [3.8, 4) is 23.0 Å². The van der Waals surface area contributed by atoms with E-state index in [9.17, 15) is 9.59 Å². The molecule has 0 aliphatic carbocycles. The molecule has 0 fully saturated rings. The van der Waals surface area contributed by atoms with Crippen LogP contribution in [-0.4, -0.2) is 37.2 Å². The smallest absolute Gasteiger partial charge is 0.255 e. The lowest BCUT2D eigenvalue weighted by molar-refractivity contribution is -0.117. The number of ether oxygens (including phenoxy) is 4. The molecule has 3 aromatic carbocycles. The third-order valence-corrected chi connectivity index (χ3v) is 6.13. The fourth-order valence-electron chi connectivity index (χ4n) is 4.46. The Morgan fingerprint density at radius 2 is 1.89 bits per heavy atom. The number of nitrogens with zero attached hydrogens (tertiary/aromatic N) is 1. The van der Waals surface area contributed by atoms with Gasteiger partial charge in [-0.2, -0.15) is 0 Å². The largest absolute Gasteiger partial charge is 0.493 e. The number of amides is 2. The average Bonchev–Trinajstić information content (AvgIpc) is 3.47. The minimum Gasteiger partial charge on any atom is -0.493 e. The molecule has 8 nitrogen and oxygen atoms in total. The van der Waals surface area contributed by atoms with E-state index in [-0.39, 0.29) is 25.0 Å². The van der Waals surface area contributed by atoms with Crippen LogP contribution in [0.3, 0.4) is 0 Å². The number of carbonyl (C=O) groups is 2. The summed E-state index contributed by atoms with van der Waals surface area (Å²) in [5.74, 6) is 2.05. The molecule has 0 radical (unpaired) electrons. The van der Waals surface area contributed by atoms with Crippen molar-refractivity contribution < 1.29 is 28.5 Å². The first-order valence-corrected chi connectivity index (χ1v) is 11.5. The number of benzene rings is 3. The molecule has 0 bridgehead atoms. The standard InChI is InChI=1S/C27H26N2O6/c1-3-33-22-10-8-17(12-24(22)32-2)21(29-15-18-6-4-5-7-20(18)27(29)31)14-26(30)28-19-9-11-23-25(13-19)35-16-34-23/h4-13,21H,3,14-16H2,1-2H3,(H,28,30)/t21-/m0/s1. The summed E-state index contributed by atoms with van der Waals surface area (Å²) in [6, 6.07) is 17.8. The highest BCUT2D eigenvalue weighted by molar-refractivity contribution is 5.99. The Morgan fingerprint density at radius 3 is 2.69 bits per heavy atom. The Kier molecular flexibility index (Phi) is 6.18. The van der Waals surface area contributed by atoms with Crippen LogP contribution in [0.2, 0.25) is 0 Å². The number of nitrogens with one attached hydrogen (secondary N) is 1. The number of carbonyl (C=O) groups excluding carboxylic acids is 2. The van der Waals surface area contributed by atoms with Crippen molar-refractivity contribution in [3.63, 3.8) is 0 Å². The van der Waals surface area contributed by atoms with Gasteiger partial charge in [-0.1, -0.05) is 24.3 Å². The van der Waals surface area contributed by atoms with Gasteiger partial charge in [0.05, 0.1) is 26.2 Å². The fraction of sp³-hybridized carbons (Fsp3) is 0.259. The molecule has 180 valence electrons. The highest BCUT2D eigenvalue weighted by Gasteiger charge is 2.35. The number of methoxy groups -OCH3 is 1. The second-order valence-electron chi connectivity index (χ2n) is 8.27. The molecule has 0 saturated carbocycles. The first kappa shape index (κ1) is 22.6. The molecule has 1 atom stereocenters. The van der Waals surface area contributed by atoms with Crippen LogP contribution in [-0.2, 0) is 11.3 Å². The maximum Gasteiger partial charge on any atom is 0.255 e. The zero-order chi connectivity index (χ0) is 24.4. The quantitative estimate of drug-likeness (QED) is 0.516. The molecule has 0 aromatic heterocycles. The normalized spacial score (nSPS) is 14.5. The Morgan fingerprint density at radius 1 is 1.06 bits per heavy atom. The zero-order valence-corrected chi connectivity index (χ0v) is 19.6. The molecule has 3 aromatic rings. The van der Waals surface area contributed by atoms with Crippen LogP contribution in [0, 0.1) is 0 Å². The molecule has 2 amide bonds. The number of rotatable bonds is 8. The van der Waals surface area contributed by atoms with E-state index in [1.54, 1.807) is 30.2 Å². The number of fused-ring (bicyclic) bond motifs is 2.